The number of nitrogens with zero attached hydrogens (tertiary/aromatic N) is 3. The fraction of sp³-hybridized carbons (Fsp3) is 0.750. The van der Waals surface area contributed by atoms with E-state index in [4.69, 9.17) is 5.73 Å². The predicted octanol–water partition coefficient (Wildman–Crippen LogP) is -0.0726. The molecule has 3 saturated heterocycles. The SMILES string of the molecule is C[C@@H](O)[C@H]1C(=O)N2C(C(=O)O)=C(S[C@H]3C[C@@H](C(=O)N4CC[C@H](N)C4)N(C)C3)[C@H](C)[C@H]12.Cl. The number of amides is 2. The van der Waals surface area contributed by atoms with Crippen molar-refractivity contribution in [3.8, 4) is 0 Å². The van der Waals surface area contributed by atoms with E-state index in [-0.39, 0.29) is 59.2 Å². The second kappa shape index (κ2) is 8.90. The van der Waals surface area contributed by atoms with Gasteiger partial charge in [0.25, 0.3) is 0 Å². The van der Waals surface area contributed by atoms with E-state index < -0.39 is 18.0 Å². The Morgan fingerprint density at radius 2 is 1.97 bits per heavy atom. The van der Waals surface area contributed by atoms with E-state index >= 15 is 0 Å². The molecular weight excluding hydrogens is 444 g/mol. The van der Waals surface area contributed by atoms with Crippen LogP contribution in [-0.4, -0.2) is 98.9 Å². The molecule has 4 aliphatic rings. The van der Waals surface area contributed by atoms with Crippen LogP contribution < -0.4 is 5.73 Å². The van der Waals surface area contributed by atoms with Crippen LogP contribution >= 0.6 is 24.2 Å². The average molecular weight is 475 g/mol. The van der Waals surface area contributed by atoms with E-state index in [1.54, 1.807) is 6.92 Å². The molecule has 4 heterocycles. The highest BCUT2D eigenvalue weighted by atomic mass is 35.5. The lowest BCUT2D eigenvalue weighted by Crippen LogP contribution is -2.63. The van der Waals surface area contributed by atoms with E-state index in [1.807, 2.05) is 23.8 Å². The molecule has 0 aromatic carbocycles. The topological polar surface area (TPSA) is 127 Å². The highest BCUT2D eigenvalue weighted by Crippen LogP contribution is 2.52. The maximum Gasteiger partial charge on any atom is 0.353 e. The van der Waals surface area contributed by atoms with Crippen molar-refractivity contribution < 1.29 is 24.6 Å². The van der Waals surface area contributed by atoms with Crippen LogP contribution in [0.4, 0.5) is 0 Å². The smallest absolute Gasteiger partial charge is 0.353 e. The van der Waals surface area contributed by atoms with Gasteiger partial charge in [0.15, 0.2) is 0 Å². The van der Waals surface area contributed by atoms with Gasteiger partial charge in [0.1, 0.15) is 5.70 Å². The normalized spacial score (nSPS) is 36.4. The van der Waals surface area contributed by atoms with Crippen molar-refractivity contribution >= 4 is 42.0 Å². The van der Waals surface area contributed by atoms with Crippen molar-refractivity contribution in [2.45, 2.75) is 56.2 Å². The van der Waals surface area contributed by atoms with Crippen molar-refractivity contribution in [2.75, 3.05) is 26.7 Å². The number of rotatable bonds is 5. The molecule has 4 N–H and O–H groups in total. The molecule has 9 nitrogen and oxygen atoms in total. The van der Waals surface area contributed by atoms with E-state index in [1.165, 1.54) is 16.7 Å². The number of aliphatic hydroxyl groups is 1. The molecule has 7 atom stereocenters. The first-order valence-corrected chi connectivity index (χ1v) is 11.4. The number of carboxylic acids is 1. The summed E-state index contributed by atoms with van der Waals surface area (Å²) in [6, 6.07) is -0.506. The molecule has 3 fully saturated rings. The number of hydrogen-bond acceptors (Lipinski definition) is 7. The molecule has 4 rings (SSSR count). The molecule has 0 unspecified atom stereocenters. The van der Waals surface area contributed by atoms with E-state index in [0.29, 0.717) is 31.0 Å². The first kappa shape index (κ1) is 24.3. The first-order chi connectivity index (χ1) is 14.1. The van der Waals surface area contributed by atoms with Crippen LogP contribution in [0.2, 0.25) is 0 Å². The number of likely N-dealkylation sites (tertiary alicyclic amines) is 2. The van der Waals surface area contributed by atoms with Gasteiger partial charge in [-0.25, -0.2) is 4.79 Å². The maximum absolute atomic E-state index is 12.9. The molecule has 0 spiro atoms. The van der Waals surface area contributed by atoms with Gasteiger partial charge in [-0.3, -0.25) is 14.5 Å². The molecule has 4 aliphatic heterocycles. The summed E-state index contributed by atoms with van der Waals surface area (Å²) in [7, 11) is 1.92. The summed E-state index contributed by atoms with van der Waals surface area (Å²) >= 11 is 1.48. The van der Waals surface area contributed by atoms with E-state index in [0.717, 1.165) is 6.42 Å². The van der Waals surface area contributed by atoms with E-state index in [9.17, 15) is 24.6 Å². The van der Waals surface area contributed by atoms with Crippen molar-refractivity contribution in [2.24, 2.45) is 17.6 Å². The third-order valence-corrected chi connectivity index (χ3v) is 8.43. The lowest BCUT2D eigenvalue weighted by Gasteiger charge is -2.46. The molecule has 2 amide bonds. The second-order valence-corrected chi connectivity index (χ2v) is 10.4. The molecule has 0 radical (unpaired) electrons. The van der Waals surface area contributed by atoms with Crippen molar-refractivity contribution in [1.29, 1.82) is 0 Å². The van der Waals surface area contributed by atoms with Crippen LogP contribution in [0.5, 0.6) is 0 Å². The number of thioether (sulfide) groups is 1. The van der Waals surface area contributed by atoms with Gasteiger partial charge >= 0.3 is 5.97 Å². The maximum atomic E-state index is 12.9. The summed E-state index contributed by atoms with van der Waals surface area (Å²) in [5.41, 5.74) is 5.99. The number of hydrogen-bond donors (Lipinski definition) is 3. The lowest BCUT2D eigenvalue weighted by atomic mass is 9.79. The summed E-state index contributed by atoms with van der Waals surface area (Å²) in [5.74, 6) is -2.07. The van der Waals surface area contributed by atoms with Gasteiger partial charge in [0.2, 0.25) is 11.8 Å². The van der Waals surface area contributed by atoms with Gasteiger partial charge in [-0.05, 0) is 26.8 Å². The number of aliphatic hydroxyl groups excluding tert-OH is 1. The van der Waals surface area contributed by atoms with Crippen LogP contribution in [0, 0.1) is 11.8 Å². The summed E-state index contributed by atoms with van der Waals surface area (Å²) in [5, 5.41) is 19.8. The standard InChI is InChI=1S/C20H30N4O5S.ClH/c1-9-15-14(10(2)25)19(27)24(15)16(20(28)29)17(9)30-12-6-13(22(3)8-12)18(26)23-5-4-11(21)7-23;/h9-15,25H,4-8,21H2,1-3H3,(H,28,29);1H/t9-,10-,11+,12+,13+,14-,15-;/m1./s1. The Labute approximate surface area is 192 Å². The van der Waals surface area contributed by atoms with Crippen molar-refractivity contribution in [3.63, 3.8) is 0 Å². The van der Waals surface area contributed by atoms with Crippen LogP contribution in [0.25, 0.3) is 0 Å². The number of fused-ring (bicyclic) bond motifs is 1. The Morgan fingerprint density at radius 3 is 2.52 bits per heavy atom. The van der Waals surface area contributed by atoms with Crippen LogP contribution in [-0.2, 0) is 14.4 Å². The van der Waals surface area contributed by atoms with Gasteiger partial charge < -0.3 is 25.7 Å². The van der Waals surface area contributed by atoms with Crippen LogP contribution in [0.3, 0.4) is 0 Å². The Morgan fingerprint density at radius 1 is 1.29 bits per heavy atom. The highest BCUT2D eigenvalue weighted by molar-refractivity contribution is 8.03. The van der Waals surface area contributed by atoms with Crippen molar-refractivity contribution in [3.05, 3.63) is 10.6 Å². The molecule has 11 heteroatoms. The summed E-state index contributed by atoms with van der Waals surface area (Å²) in [6.45, 7) is 5.44. The number of likely N-dealkylation sites (N-methyl/N-ethyl adjacent to an activating group) is 1. The molecular formula is C20H31ClN4O5S. The van der Waals surface area contributed by atoms with Crippen molar-refractivity contribution in [1.82, 2.24) is 14.7 Å². The number of carbonyl (C=O) groups is 3. The Balaban J connectivity index is 0.00000272. The monoisotopic (exact) mass is 474 g/mol. The Hall–Kier alpha value is -1.33. The zero-order valence-electron chi connectivity index (χ0n) is 17.9. The number of carboxylic acid groups (broad SMARTS) is 1. The van der Waals surface area contributed by atoms with Gasteiger partial charge in [0.05, 0.1) is 24.1 Å². The number of β-lactam (4-membered cyclic amide) rings is 1. The highest BCUT2D eigenvalue weighted by Gasteiger charge is 2.60. The number of carbonyl (C=O) groups excluding carboxylic acids is 2. The summed E-state index contributed by atoms with van der Waals surface area (Å²) < 4.78 is 0. The number of nitrogens with two attached hydrogens (primary N) is 1. The molecule has 0 bridgehead atoms. The minimum Gasteiger partial charge on any atom is -0.477 e. The predicted molar refractivity (Wildman–Crippen MR) is 118 cm³/mol. The molecule has 174 valence electrons. The molecule has 0 saturated carbocycles. The van der Waals surface area contributed by atoms with Gasteiger partial charge in [-0.2, -0.15) is 0 Å². The number of aliphatic carboxylic acids is 1. The van der Waals surface area contributed by atoms with Gasteiger partial charge in [-0.1, -0.05) is 6.92 Å². The van der Waals surface area contributed by atoms with Crippen LogP contribution in [0.1, 0.15) is 26.7 Å². The quantitative estimate of drug-likeness (QED) is 0.472. The van der Waals surface area contributed by atoms with E-state index in [2.05, 4.69) is 0 Å². The van der Waals surface area contributed by atoms with Crippen LogP contribution in [0.15, 0.2) is 10.6 Å². The fourth-order valence-electron chi connectivity index (χ4n) is 5.38. The first-order valence-electron chi connectivity index (χ1n) is 10.5. The fourth-order valence-corrected chi connectivity index (χ4v) is 6.98. The molecule has 0 aromatic heterocycles. The summed E-state index contributed by atoms with van der Waals surface area (Å²) in [4.78, 5) is 43.3. The minimum absolute atomic E-state index is 0. The zero-order valence-corrected chi connectivity index (χ0v) is 19.6. The molecule has 0 aliphatic carbocycles. The van der Waals surface area contributed by atoms with Gasteiger partial charge in [-0.15, -0.1) is 24.2 Å². The lowest BCUT2D eigenvalue weighted by molar-refractivity contribution is -0.163. The minimum atomic E-state index is -1.12. The third kappa shape index (κ3) is 3.97. The largest absolute Gasteiger partial charge is 0.477 e. The zero-order chi connectivity index (χ0) is 21.9. The average Bonchev–Trinajstić information content (AvgIpc) is 3.31. The Bertz CT molecular complexity index is 808. The second-order valence-electron chi connectivity index (χ2n) is 9.04. The van der Waals surface area contributed by atoms with Gasteiger partial charge in [0, 0.05) is 41.7 Å². The molecule has 31 heavy (non-hydrogen) atoms. The third-order valence-electron chi connectivity index (χ3n) is 6.94. The summed E-state index contributed by atoms with van der Waals surface area (Å²) in [6.07, 6.45) is 0.641. The number of halogens is 1. The molecule has 0 aromatic rings. The Kier molecular flexibility index (Phi) is 6.98.